The van der Waals surface area contributed by atoms with Gasteiger partial charge in [0.15, 0.2) is 5.69 Å². The van der Waals surface area contributed by atoms with Crippen LogP contribution in [0.4, 0.5) is 18.0 Å². The van der Waals surface area contributed by atoms with Crippen molar-refractivity contribution in [3.63, 3.8) is 0 Å². The molecule has 1 unspecified atom stereocenters. The zero-order valence-corrected chi connectivity index (χ0v) is 26.8. The lowest BCUT2D eigenvalue weighted by molar-refractivity contribution is -0.173. The lowest BCUT2D eigenvalue weighted by atomic mass is 9.94. The van der Waals surface area contributed by atoms with E-state index < -0.39 is 72.6 Å². The third-order valence-corrected chi connectivity index (χ3v) is 9.18. The molecule has 47 heavy (non-hydrogen) atoms. The summed E-state index contributed by atoms with van der Waals surface area (Å²) < 4.78 is 59.2. The SMILES string of the molecule is COC(=O)C(NC(=O)OCOc1c2n(ccc1=O)N([C@H]1c3ccccc3CSc3ccccc31)CN([C@H](C)C(F)(F)F)C2=O)C(C)C. The van der Waals surface area contributed by atoms with Crippen LogP contribution in [0.15, 0.2) is 70.5 Å². The molecule has 5 rings (SSSR count). The van der Waals surface area contributed by atoms with Crippen molar-refractivity contribution in [3.8, 4) is 5.75 Å². The molecule has 0 radical (unpaired) electrons. The molecule has 0 aliphatic carbocycles. The summed E-state index contributed by atoms with van der Waals surface area (Å²) in [4.78, 5) is 53.1. The number of pyridine rings is 1. The molecule has 3 heterocycles. The van der Waals surface area contributed by atoms with Crippen molar-refractivity contribution < 1.29 is 41.8 Å². The van der Waals surface area contributed by atoms with E-state index in [9.17, 15) is 32.3 Å². The molecule has 1 N–H and O–H groups in total. The molecule has 2 aromatic carbocycles. The predicted octanol–water partition coefficient (Wildman–Crippen LogP) is 4.81. The number of nitrogens with zero attached hydrogens (tertiary/aromatic N) is 3. The third-order valence-electron chi connectivity index (χ3n) is 8.05. The maximum Gasteiger partial charge on any atom is 0.410 e. The summed E-state index contributed by atoms with van der Waals surface area (Å²) in [6.07, 6.45) is -4.55. The number of hydrogen-bond donors (Lipinski definition) is 1. The largest absolute Gasteiger partial charge is 0.467 e. The number of amides is 2. The van der Waals surface area contributed by atoms with Crippen LogP contribution >= 0.6 is 11.8 Å². The first kappa shape index (κ1) is 33.7. The number of hydrogen-bond acceptors (Lipinski definition) is 9. The molecule has 2 aliphatic rings. The number of alkyl carbamates (subject to hydrolysis) is 1. The van der Waals surface area contributed by atoms with Crippen molar-refractivity contribution in [2.45, 2.75) is 55.7 Å². The van der Waals surface area contributed by atoms with Gasteiger partial charge in [-0.2, -0.15) is 13.2 Å². The van der Waals surface area contributed by atoms with E-state index in [1.807, 2.05) is 48.5 Å². The van der Waals surface area contributed by atoms with Crippen LogP contribution < -0.4 is 20.5 Å². The Hall–Kier alpha value is -4.66. The van der Waals surface area contributed by atoms with Crippen LogP contribution in [0.3, 0.4) is 0 Å². The number of halogens is 3. The maximum atomic E-state index is 14.2. The summed E-state index contributed by atoms with van der Waals surface area (Å²) in [7, 11) is 1.16. The molecule has 3 aromatic rings. The van der Waals surface area contributed by atoms with Crippen LogP contribution in [-0.2, 0) is 20.0 Å². The Morgan fingerprint density at radius 2 is 1.70 bits per heavy atom. The van der Waals surface area contributed by atoms with Crippen molar-refractivity contribution in [1.82, 2.24) is 14.9 Å². The molecule has 0 bridgehead atoms. The van der Waals surface area contributed by atoms with Gasteiger partial charge in [-0.25, -0.2) is 9.59 Å². The molecule has 2 aliphatic heterocycles. The molecule has 0 spiro atoms. The minimum absolute atomic E-state index is 0.357. The van der Waals surface area contributed by atoms with E-state index in [0.717, 1.165) is 41.7 Å². The van der Waals surface area contributed by atoms with Gasteiger partial charge in [-0.15, -0.1) is 11.8 Å². The van der Waals surface area contributed by atoms with E-state index in [1.54, 1.807) is 30.6 Å². The normalized spacial score (nSPS) is 17.1. The Bertz CT molecular complexity index is 1680. The van der Waals surface area contributed by atoms with Crippen molar-refractivity contribution in [2.75, 3.05) is 25.6 Å². The first-order valence-electron chi connectivity index (χ1n) is 14.7. The number of alkyl halides is 3. The minimum Gasteiger partial charge on any atom is -0.467 e. The van der Waals surface area contributed by atoms with Crippen LogP contribution in [0.5, 0.6) is 5.75 Å². The molecule has 0 fully saturated rings. The monoisotopic (exact) mass is 674 g/mol. The lowest BCUT2D eigenvalue weighted by Gasteiger charge is -2.46. The van der Waals surface area contributed by atoms with Crippen LogP contribution in [0.25, 0.3) is 0 Å². The second-order valence-corrected chi connectivity index (χ2v) is 12.3. The first-order valence-corrected chi connectivity index (χ1v) is 15.7. The highest BCUT2D eigenvalue weighted by molar-refractivity contribution is 7.98. The average molecular weight is 675 g/mol. The van der Waals surface area contributed by atoms with E-state index in [-0.39, 0.29) is 5.92 Å². The number of ether oxygens (including phenoxy) is 3. The zero-order valence-electron chi connectivity index (χ0n) is 25.9. The summed E-state index contributed by atoms with van der Waals surface area (Å²) in [5.74, 6) is -2.16. The number of rotatable bonds is 8. The van der Waals surface area contributed by atoms with E-state index in [1.165, 1.54) is 10.9 Å². The number of esters is 1. The number of benzene rings is 2. The maximum absolute atomic E-state index is 14.2. The number of methoxy groups -OCH3 is 1. The zero-order chi connectivity index (χ0) is 34.0. The van der Waals surface area contributed by atoms with Gasteiger partial charge >= 0.3 is 18.2 Å². The van der Waals surface area contributed by atoms with Gasteiger partial charge in [0.1, 0.15) is 18.8 Å². The fourth-order valence-electron chi connectivity index (χ4n) is 5.51. The average Bonchev–Trinajstić information content (AvgIpc) is 3.20. The summed E-state index contributed by atoms with van der Waals surface area (Å²) in [5, 5.41) is 3.93. The Morgan fingerprint density at radius 3 is 2.38 bits per heavy atom. The number of carbonyl (C=O) groups excluding carboxylic acids is 3. The molecular formula is C32H33F3N4O7S. The molecular weight excluding hydrogens is 641 g/mol. The number of nitrogens with one attached hydrogen (secondary N) is 1. The number of thioether (sulfide) groups is 1. The first-order chi connectivity index (χ1) is 22.3. The van der Waals surface area contributed by atoms with Gasteiger partial charge in [-0.3, -0.25) is 19.3 Å². The highest BCUT2D eigenvalue weighted by Crippen LogP contribution is 2.43. The molecule has 11 nitrogen and oxygen atoms in total. The van der Waals surface area contributed by atoms with Crippen molar-refractivity contribution in [3.05, 3.63) is 93.4 Å². The Kier molecular flexibility index (Phi) is 9.75. The predicted molar refractivity (Wildman–Crippen MR) is 166 cm³/mol. The van der Waals surface area contributed by atoms with Gasteiger partial charge in [-0.1, -0.05) is 56.3 Å². The second kappa shape index (κ2) is 13.6. The van der Waals surface area contributed by atoms with Crippen molar-refractivity contribution in [1.29, 1.82) is 0 Å². The topological polar surface area (TPSA) is 119 Å². The van der Waals surface area contributed by atoms with Crippen molar-refractivity contribution in [2.24, 2.45) is 5.92 Å². The standard InChI is InChI=1S/C32H33F3N4O7S/c1-18(2)25(30(42)44-4)36-31(43)46-17-45-28-23(40)13-14-38-27(28)29(41)37(19(3)32(33,34)35)16-39(38)26-21-10-6-5-9-20(21)15-47-24-12-8-7-11-22(24)26/h5-14,18-19,25-26H,15-17H2,1-4H3,(H,36,43)/t19-,25?,26+/m1/s1. The summed E-state index contributed by atoms with van der Waals surface area (Å²) in [6.45, 7) is 2.85. The van der Waals surface area contributed by atoms with E-state index >= 15 is 0 Å². The number of fused-ring (bicyclic) bond motifs is 3. The molecule has 1 aromatic heterocycles. The number of aromatic nitrogens is 1. The molecule has 0 saturated heterocycles. The highest BCUT2D eigenvalue weighted by atomic mass is 32.2. The highest BCUT2D eigenvalue weighted by Gasteiger charge is 2.48. The Balaban J connectivity index is 1.57. The number of carbonyl (C=O) groups is 3. The van der Waals surface area contributed by atoms with Crippen LogP contribution in [0.2, 0.25) is 0 Å². The Labute approximate surface area is 272 Å². The third kappa shape index (κ3) is 6.75. The van der Waals surface area contributed by atoms with E-state index in [2.05, 4.69) is 5.32 Å². The second-order valence-electron chi connectivity index (χ2n) is 11.3. The molecule has 2 amide bonds. The Morgan fingerprint density at radius 1 is 1.02 bits per heavy atom. The van der Waals surface area contributed by atoms with Gasteiger partial charge in [0.05, 0.1) is 13.2 Å². The van der Waals surface area contributed by atoms with Gasteiger partial charge in [-0.05, 0) is 35.6 Å². The molecule has 250 valence electrons. The molecule has 15 heteroatoms. The van der Waals surface area contributed by atoms with E-state index in [0.29, 0.717) is 10.7 Å². The van der Waals surface area contributed by atoms with Gasteiger partial charge in [0, 0.05) is 22.9 Å². The summed E-state index contributed by atoms with van der Waals surface area (Å²) in [6, 6.07) is 12.2. The van der Waals surface area contributed by atoms with Crippen molar-refractivity contribution >= 4 is 29.7 Å². The fraction of sp³-hybridized carbons (Fsp3) is 0.375. The summed E-state index contributed by atoms with van der Waals surface area (Å²) >= 11 is 1.59. The molecule has 3 atom stereocenters. The van der Waals surface area contributed by atoms with Crippen LogP contribution in [-0.4, -0.2) is 66.4 Å². The molecule has 0 saturated carbocycles. The van der Waals surface area contributed by atoms with Crippen LogP contribution in [0, 0.1) is 5.92 Å². The van der Waals surface area contributed by atoms with E-state index in [4.69, 9.17) is 14.2 Å². The lowest BCUT2D eigenvalue weighted by Crippen LogP contribution is -2.60. The quantitative estimate of drug-likeness (QED) is 0.265. The van der Waals surface area contributed by atoms with Gasteiger partial charge in [0.2, 0.25) is 18.0 Å². The summed E-state index contributed by atoms with van der Waals surface area (Å²) in [5.41, 5.74) is 1.29. The van der Waals surface area contributed by atoms with Gasteiger partial charge in [0.25, 0.3) is 5.91 Å². The minimum atomic E-state index is -4.79. The van der Waals surface area contributed by atoms with Gasteiger partial charge < -0.3 is 24.4 Å². The fourth-order valence-corrected chi connectivity index (χ4v) is 6.61. The smallest absolute Gasteiger partial charge is 0.410 e. The van der Waals surface area contributed by atoms with Crippen LogP contribution in [0.1, 0.15) is 54.0 Å².